The molecule has 0 aromatic carbocycles. The summed E-state index contributed by atoms with van der Waals surface area (Å²) in [5.41, 5.74) is 1.27. The molecule has 0 radical (unpaired) electrons. The molecule has 1 unspecified atom stereocenters. The fourth-order valence-electron chi connectivity index (χ4n) is 3.45. The molecule has 0 bridgehead atoms. The average Bonchev–Trinajstić information content (AvgIpc) is 3.24. The largest absolute Gasteiger partial charge is 0.490 e. The molecule has 2 aliphatic rings. The predicted octanol–water partition coefficient (Wildman–Crippen LogP) is 3.10. The standard InChI is InChI=1S/C17H19N3O3S.C2HF3O2/c1-11-15(12(2)23-19-11)16(21)20-9-17(10-20)6-14(8-24-17)22-13-4-3-5-18-7-13;3-2(4,5)1(6)7/h3-5,7,14H,6,8-10H2,1-2H3;(H,6,7). The van der Waals surface area contributed by atoms with E-state index in [0.717, 1.165) is 31.0 Å². The van der Waals surface area contributed by atoms with Crippen molar-refractivity contribution in [3.05, 3.63) is 41.5 Å². The molecule has 2 fully saturated rings. The summed E-state index contributed by atoms with van der Waals surface area (Å²) in [7, 11) is 0. The number of amides is 1. The van der Waals surface area contributed by atoms with Gasteiger partial charge in [-0.15, -0.1) is 11.8 Å². The second-order valence-corrected chi connectivity index (χ2v) is 8.78. The van der Waals surface area contributed by atoms with Crippen LogP contribution in [0.1, 0.15) is 28.2 Å². The van der Waals surface area contributed by atoms with Gasteiger partial charge in [-0.1, -0.05) is 5.16 Å². The van der Waals surface area contributed by atoms with Gasteiger partial charge in [-0.3, -0.25) is 9.78 Å². The molecule has 31 heavy (non-hydrogen) atoms. The van der Waals surface area contributed by atoms with E-state index in [9.17, 15) is 18.0 Å². The van der Waals surface area contributed by atoms with E-state index >= 15 is 0 Å². The molecule has 12 heteroatoms. The van der Waals surface area contributed by atoms with E-state index in [2.05, 4.69) is 10.1 Å². The third-order valence-corrected chi connectivity index (χ3v) is 6.42. The number of ether oxygens (including phenoxy) is 1. The summed E-state index contributed by atoms with van der Waals surface area (Å²) in [4.78, 5) is 27.5. The summed E-state index contributed by atoms with van der Waals surface area (Å²) in [5, 5.41) is 11.0. The fraction of sp³-hybridized carbons (Fsp3) is 0.474. The Morgan fingerprint density at radius 2 is 2.03 bits per heavy atom. The van der Waals surface area contributed by atoms with Crippen molar-refractivity contribution in [3.63, 3.8) is 0 Å². The van der Waals surface area contributed by atoms with E-state index in [1.54, 1.807) is 26.2 Å². The molecule has 168 valence electrons. The SMILES string of the molecule is Cc1noc(C)c1C(=O)N1CC2(CC(Oc3cccnc3)CS2)C1.O=C(O)C(F)(F)F. The molecule has 2 aromatic rings. The first kappa shape index (κ1) is 22.9. The molecule has 0 aliphatic carbocycles. The topological polar surface area (TPSA) is 106 Å². The number of likely N-dealkylation sites (tertiary alicyclic amines) is 1. The maximum atomic E-state index is 12.6. The highest BCUT2D eigenvalue weighted by molar-refractivity contribution is 8.01. The third-order valence-electron chi connectivity index (χ3n) is 4.85. The molecule has 4 rings (SSSR count). The van der Waals surface area contributed by atoms with Gasteiger partial charge in [0.05, 0.1) is 16.6 Å². The summed E-state index contributed by atoms with van der Waals surface area (Å²) in [6.07, 6.45) is -0.473. The zero-order valence-electron chi connectivity index (χ0n) is 16.7. The minimum absolute atomic E-state index is 0.0223. The minimum atomic E-state index is -5.08. The first-order valence-electron chi connectivity index (χ1n) is 9.24. The number of carbonyl (C=O) groups excluding carboxylic acids is 1. The number of rotatable bonds is 3. The first-order chi connectivity index (χ1) is 14.5. The van der Waals surface area contributed by atoms with Gasteiger partial charge >= 0.3 is 12.1 Å². The monoisotopic (exact) mass is 459 g/mol. The summed E-state index contributed by atoms with van der Waals surface area (Å²) >= 11 is 1.91. The molecule has 1 N–H and O–H groups in total. The summed E-state index contributed by atoms with van der Waals surface area (Å²) in [6.45, 7) is 5.10. The van der Waals surface area contributed by atoms with Gasteiger partial charge in [-0.2, -0.15) is 13.2 Å². The molecule has 2 aliphatic heterocycles. The number of carbonyl (C=O) groups is 2. The number of hydrogen-bond donors (Lipinski definition) is 1. The molecule has 2 aromatic heterocycles. The van der Waals surface area contributed by atoms with Gasteiger partial charge in [0.2, 0.25) is 0 Å². The predicted molar refractivity (Wildman–Crippen MR) is 104 cm³/mol. The van der Waals surface area contributed by atoms with Gasteiger partial charge in [0.25, 0.3) is 5.91 Å². The van der Waals surface area contributed by atoms with E-state index in [0.29, 0.717) is 17.0 Å². The van der Waals surface area contributed by atoms with Crippen molar-refractivity contribution in [2.75, 3.05) is 18.8 Å². The van der Waals surface area contributed by atoms with Crippen LogP contribution in [0.5, 0.6) is 5.75 Å². The quantitative estimate of drug-likeness (QED) is 0.747. The number of thioether (sulfide) groups is 1. The lowest BCUT2D eigenvalue weighted by Crippen LogP contribution is -2.61. The Hall–Kier alpha value is -2.76. The number of carboxylic acids is 1. The Bertz CT molecular complexity index is 926. The Labute approximate surface area is 179 Å². The second-order valence-electron chi connectivity index (χ2n) is 7.29. The van der Waals surface area contributed by atoms with Crippen molar-refractivity contribution < 1.29 is 37.1 Å². The van der Waals surface area contributed by atoms with Gasteiger partial charge in [-0.05, 0) is 26.0 Å². The van der Waals surface area contributed by atoms with E-state index in [4.69, 9.17) is 19.2 Å². The lowest BCUT2D eigenvalue weighted by molar-refractivity contribution is -0.192. The Morgan fingerprint density at radius 1 is 1.35 bits per heavy atom. The smallest absolute Gasteiger partial charge is 0.488 e. The number of pyridine rings is 1. The number of aliphatic carboxylic acids is 1. The number of hydrogen-bond acceptors (Lipinski definition) is 7. The second kappa shape index (κ2) is 8.77. The van der Waals surface area contributed by atoms with E-state index in [-0.39, 0.29) is 16.8 Å². The van der Waals surface area contributed by atoms with Crippen LogP contribution in [0, 0.1) is 13.8 Å². The van der Waals surface area contributed by atoms with Gasteiger partial charge in [0, 0.05) is 31.5 Å². The van der Waals surface area contributed by atoms with Crippen LogP contribution < -0.4 is 4.74 Å². The van der Waals surface area contributed by atoms with E-state index in [1.165, 1.54) is 0 Å². The van der Waals surface area contributed by atoms with E-state index < -0.39 is 12.1 Å². The molecule has 2 saturated heterocycles. The van der Waals surface area contributed by atoms with Crippen LogP contribution in [0.2, 0.25) is 0 Å². The first-order valence-corrected chi connectivity index (χ1v) is 10.2. The number of aryl methyl sites for hydroxylation is 2. The van der Waals surface area contributed by atoms with Crippen LogP contribution in [0.15, 0.2) is 29.0 Å². The number of halogens is 3. The van der Waals surface area contributed by atoms with Crippen LogP contribution in [-0.2, 0) is 4.79 Å². The summed E-state index contributed by atoms with van der Waals surface area (Å²) in [5.74, 6) is -0.387. The van der Waals surface area contributed by atoms with Gasteiger partial charge in [-0.25, -0.2) is 4.79 Å². The average molecular weight is 459 g/mol. The molecular weight excluding hydrogens is 439 g/mol. The highest BCUT2D eigenvalue weighted by atomic mass is 32.2. The lowest BCUT2D eigenvalue weighted by atomic mass is 9.92. The highest BCUT2D eigenvalue weighted by Gasteiger charge is 2.51. The summed E-state index contributed by atoms with van der Waals surface area (Å²) < 4.78 is 43.0. The van der Waals surface area contributed by atoms with Crippen molar-refractivity contribution in [1.82, 2.24) is 15.0 Å². The van der Waals surface area contributed by atoms with Crippen molar-refractivity contribution in [2.45, 2.75) is 37.3 Å². The summed E-state index contributed by atoms with van der Waals surface area (Å²) in [6, 6.07) is 3.80. The maximum absolute atomic E-state index is 12.6. The van der Waals surface area contributed by atoms with E-state index in [1.807, 2.05) is 28.8 Å². The minimum Gasteiger partial charge on any atom is -0.488 e. The molecule has 4 heterocycles. The lowest BCUT2D eigenvalue weighted by Gasteiger charge is -2.47. The number of carboxylic acid groups (broad SMARTS) is 1. The molecule has 1 amide bonds. The van der Waals surface area contributed by atoms with Crippen LogP contribution in [0.3, 0.4) is 0 Å². The maximum Gasteiger partial charge on any atom is 0.490 e. The molecule has 0 saturated carbocycles. The zero-order chi connectivity index (χ0) is 22.8. The van der Waals surface area contributed by atoms with Crippen molar-refractivity contribution in [2.24, 2.45) is 0 Å². The number of aromatic nitrogens is 2. The van der Waals surface area contributed by atoms with Crippen LogP contribution in [0.4, 0.5) is 13.2 Å². The Morgan fingerprint density at radius 3 is 2.55 bits per heavy atom. The van der Waals surface area contributed by atoms with Gasteiger partial charge in [0.15, 0.2) is 0 Å². The molecular formula is C19H20F3N3O5S. The molecule has 1 atom stereocenters. The number of alkyl halides is 3. The third kappa shape index (κ3) is 5.30. The number of nitrogens with zero attached hydrogens (tertiary/aromatic N) is 3. The van der Waals surface area contributed by atoms with Crippen molar-refractivity contribution in [1.29, 1.82) is 0 Å². The zero-order valence-corrected chi connectivity index (χ0v) is 17.5. The normalized spacial score (nSPS) is 19.4. The van der Waals surface area contributed by atoms with Crippen LogP contribution >= 0.6 is 11.8 Å². The highest BCUT2D eigenvalue weighted by Crippen LogP contribution is 2.46. The van der Waals surface area contributed by atoms with Crippen molar-refractivity contribution >= 4 is 23.6 Å². The van der Waals surface area contributed by atoms with Crippen LogP contribution in [-0.4, -0.2) is 67.9 Å². The molecule has 1 spiro atoms. The Kier molecular flexibility index (Phi) is 6.48. The van der Waals surface area contributed by atoms with Crippen LogP contribution in [0.25, 0.3) is 0 Å². The van der Waals surface area contributed by atoms with Crippen molar-refractivity contribution in [3.8, 4) is 5.75 Å². The van der Waals surface area contributed by atoms with Gasteiger partial charge in [0.1, 0.15) is 23.2 Å². The fourth-order valence-corrected chi connectivity index (χ4v) is 4.97. The Balaban J connectivity index is 0.000000339. The van der Waals surface area contributed by atoms with Gasteiger partial charge < -0.3 is 19.3 Å². The molecule has 8 nitrogen and oxygen atoms in total.